The molecular formula is C44H61N5O10. The van der Waals surface area contributed by atoms with Crippen LogP contribution in [-0.2, 0) is 44.7 Å². The van der Waals surface area contributed by atoms with E-state index >= 15 is 0 Å². The molecule has 15 nitrogen and oxygen atoms in total. The summed E-state index contributed by atoms with van der Waals surface area (Å²) >= 11 is 0. The highest BCUT2D eigenvalue weighted by molar-refractivity contribution is 5.94. The molecular weight excluding hydrogens is 759 g/mol. The van der Waals surface area contributed by atoms with E-state index in [9.17, 15) is 33.9 Å². The summed E-state index contributed by atoms with van der Waals surface area (Å²) in [6.07, 6.45) is 3.68. The quantitative estimate of drug-likeness (QED) is 0.198. The van der Waals surface area contributed by atoms with E-state index in [-0.39, 0.29) is 56.8 Å². The minimum atomic E-state index is -1.75. The molecule has 6 atom stereocenters. The largest absolute Gasteiger partial charge is 0.491 e. The van der Waals surface area contributed by atoms with Crippen LogP contribution in [0.1, 0.15) is 103 Å². The van der Waals surface area contributed by atoms with Crippen LogP contribution in [0.5, 0.6) is 5.75 Å². The number of aryl methyl sites for hydroxylation is 1. The van der Waals surface area contributed by atoms with E-state index in [0.717, 1.165) is 37.7 Å². The summed E-state index contributed by atoms with van der Waals surface area (Å²) in [6, 6.07) is 12.0. The van der Waals surface area contributed by atoms with Gasteiger partial charge < -0.3 is 45.5 Å². The predicted molar refractivity (Wildman–Crippen MR) is 218 cm³/mol. The molecule has 2 heterocycles. The molecule has 2 unspecified atom stereocenters. The number of aliphatic hydroxyl groups is 1. The Morgan fingerprint density at radius 2 is 1.71 bits per heavy atom. The Kier molecular flexibility index (Phi) is 16.3. The molecule has 5 rings (SSSR count). The summed E-state index contributed by atoms with van der Waals surface area (Å²) < 4.78 is 17.6. The summed E-state index contributed by atoms with van der Waals surface area (Å²) in [5.41, 5.74) is 0.603. The maximum absolute atomic E-state index is 14.5. The topological polar surface area (TPSA) is 202 Å². The molecule has 0 aromatic heterocycles. The molecule has 2 fully saturated rings. The number of nitrogens with one attached hydrogen (secondary N) is 4. The first kappa shape index (κ1) is 45.1. The number of carbonyl (C=O) groups excluding carboxylic acids is 6. The summed E-state index contributed by atoms with van der Waals surface area (Å²) in [6.45, 7) is 6.95. The third-order valence-corrected chi connectivity index (χ3v) is 10.9. The lowest BCUT2D eigenvalue weighted by Gasteiger charge is -2.35. The van der Waals surface area contributed by atoms with Crippen LogP contribution in [0.4, 0.5) is 0 Å². The van der Waals surface area contributed by atoms with Gasteiger partial charge in [0.05, 0.1) is 25.3 Å². The Bertz CT molecular complexity index is 1760. The van der Waals surface area contributed by atoms with Crippen molar-refractivity contribution in [3.63, 3.8) is 0 Å². The maximum Gasteiger partial charge on any atom is 0.333 e. The van der Waals surface area contributed by atoms with Crippen molar-refractivity contribution in [2.45, 2.75) is 134 Å². The Balaban J connectivity index is 1.27. The van der Waals surface area contributed by atoms with E-state index in [0.29, 0.717) is 24.2 Å². The lowest BCUT2D eigenvalue weighted by molar-refractivity contribution is -0.158. The SMILES string of the molecule is CCCC(NC(=O)[C@@H]1C[C@@H]2CN1C(=O)[C@H](C1CCCCC1)NC(=O)CCc1cccc(c1)OCCO2)C(O)C(=O)NCC(=O)N[C@H](C(=O)OC(C)(C)C)c1ccccc1. The van der Waals surface area contributed by atoms with Crippen molar-refractivity contribution >= 4 is 35.5 Å². The maximum atomic E-state index is 14.5. The van der Waals surface area contributed by atoms with E-state index in [1.165, 1.54) is 4.90 Å². The summed E-state index contributed by atoms with van der Waals surface area (Å²) in [7, 11) is 0. The number of esters is 1. The van der Waals surface area contributed by atoms with Crippen LogP contribution in [0.3, 0.4) is 0 Å². The second kappa shape index (κ2) is 21.3. The second-order valence-corrected chi connectivity index (χ2v) is 16.7. The standard InChI is InChI=1S/C44H61N5O10/c1-5-13-33(39(52)41(54)45-26-36(51)48-38(30-17-10-7-11-18-30)43(56)59-44(2,3)4)46-40(53)34-25-32-27-49(34)42(55)37(29-15-8-6-9-16-29)47-35(50)21-20-28-14-12-19-31(24-28)57-22-23-58-32/h7,10-12,14,17-19,24,29,32-34,37-39,52H,5-6,8-9,13,15-16,20-23,25-27H2,1-4H3,(H,45,54)(H,46,53)(H,47,50)(H,48,51)/t32-,33?,34+,37+,38+,39?/m1/s1. The Morgan fingerprint density at radius 1 is 0.966 bits per heavy atom. The van der Waals surface area contributed by atoms with Crippen LogP contribution < -0.4 is 26.0 Å². The van der Waals surface area contributed by atoms with Gasteiger partial charge in [-0.15, -0.1) is 0 Å². The molecule has 2 aromatic carbocycles. The summed E-state index contributed by atoms with van der Waals surface area (Å²) in [4.78, 5) is 83.0. The smallest absolute Gasteiger partial charge is 0.333 e. The van der Waals surface area contributed by atoms with Crippen molar-refractivity contribution in [2.75, 3.05) is 26.3 Å². The van der Waals surface area contributed by atoms with Gasteiger partial charge in [-0.3, -0.25) is 24.0 Å². The van der Waals surface area contributed by atoms with Crippen molar-refractivity contribution in [3.05, 3.63) is 65.7 Å². The van der Waals surface area contributed by atoms with Crippen molar-refractivity contribution < 1.29 is 48.1 Å². The van der Waals surface area contributed by atoms with Gasteiger partial charge >= 0.3 is 5.97 Å². The van der Waals surface area contributed by atoms with Gasteiger partial charge in [0.25, 0.3) is 5.91 Å². The average Bonchev–Trinajstić information content (AvgIpc) is 3.65. The molecule has 2 aliphatic heterocycles. The van der Waals surface area contributed by atoms with Crippen molar-refractivity contribution in [1.29, 1.82) is 0 Å². The van der Waals surface area contributed by atoms with Crippen LogP contribution in [0.2, 0.25) is 0 Å². The first-order chi connectivity index (χ1) is 28.2. The van der Waals surface area contributed by atoms with Gasteiger partial charge in [-0.25, -0.2) is 4.79 Å². The fraction of sp³-hybridized carbons (Fsp3) is 0.591. The monoisotopic (exact) mass is 819 g/mol. The minimum Gasteiger partial charge on any atom is -0.491 e. The van der Waals surface area contributed by atoms with E-state index in [1.54, 1.807) is 51.1 Å². The molecule has 1 saturated heterocycles. The summed E-state index contributed by atoms with van der Waals surface area (Å²) in [5, 5.41) is 22.1. The molecule has 2 aromatic rings. The number of hydrogen-bond donors (Lipinski definition) is 5. The fourth-order valence-corrected chi connectivity index (χ4v) is 7.96. The summed E-state index contributed by atoms with van der Waals surface area (Å²) in [5.74, 6) is -2.92. The molecule has 1 aliphatic carbocycles. The zero-order valence-corrected chi connectivity index (χ0v) is 34.7. The van der Waals surface area contributed by atoms with Crippen LogP contribution in [0.25, 0.3) is 0 Å². The molecule has 1 saturated carbocycles. The van der Waals surface area contributed by atoms with Gasteiger partial charge in [0.2, 0.25) is 23.6 Å². The zero-order valence-electron chi connectivity index (χ0n) is 34.7. The third-order valence-electron chi connectivity index (χ3n) is 10.9. The number of benzene rings is 2. The van der Waals surface area contributed by atoms with Gasteiger partial charge in [-0.05, 0) is 75.6 Å². The van der Waals surface area contributed by atoms with E-state index in [4.69, 9.17) is 14.2 Å². The molecule has 3 aliphatic rings. The highest BCUT2D eigenvalue weighted by Gasteiger charge is 2.45. The number of hydrogen-bond acceptors (Lipinski definition) is 10. The highest BCUT2D eigenvalue weighted by atomic mass is 16.6. The van der Waals surface area contributed by atoms with Crippen molar-refractivity contribution in [1.82, 2.24) is 26.2 Å². The fourth-order valence-electron chi connectivity index (χ4n) is 7.96. The number of nitrogens with zero attached hydrogens (tertiary/aromatic N) is 1. The van der Waals surface area contributed by atoms with Crippen LogP contribution in [0, 0.1) is 5.92 Å². The Morgan fingerprint density at radius 3 is 2.42 bits per heavy atom. The first-order valence-electron chi connectivity index (χ1n) is 21.0. The zero-order chi connectivity index (χ0) is 42.5. The molecule has 4 bridgehead atoms. The average molecular weight is 820 g/mol. The number of carbonyl (C=O) groups is 6. The van der Waals surface area contributed by atoms with Crippen LogP contribution >= 0.6 is 0 Å². The van der Waals surface area contributed by atoms with E-state index in [1.807, 2.05) is 31.2 Å². The molecule has 5 amide bonds. The second-order valence-electron chi connectivity index (χ2n) is 16.7. The van der Waals surface area contributed by atoms with Gasteiger partial charge in [0.15, 0.2) is 12.1 Å². The number of amides is 5. The van der Waals surface area contributed by atoms with Crippen molar-refractivity contribution in [3.8, 4) is 5.75 Å². The normalized spacial score (nSPS) is 22.2. The number of fused-ring (bicyclic) bond motifs is 4. The Hall–Kier alpha value is -5.02. The third kappa shape index (κ3) is 13.2. The van der Waals surface area contributed by atoms with Gasteiger partial charge in [-0.2, -0.15) is 0 Å². The predicted octanol–water partition coefficient (Wildman–Crippen LogP) is 3.02. The molecule has 0 spiro atoms. The van der Waals surface area contributed by atoms with Crippen molar-refractivity contribution in [2.24, 2.45) is 5.92 Å². The molecule has 15 heteroatoms. The van der Waals surface area contributed by atoms with E-state index < -0.39 is 72.2 Å². The molecule has 322 valence electrons. The lowest BCUT2D eigenvalue weighted by atomic mass is 9.83. The Labute approximate surface area is 346 Å². The molecule has 59 heavy (non-hydrogen) atoms. The molecule has 0 radical (unpaired) electrons. The number of aliphatic hydroxyl groups excluding tert-OH is 1. The van der Waals surface area contributed by atoms with E-state index in [2.05, 4.69) is 21.3 Å². The highest BCUT2D eigenvalue weighted by Crippen LogP contribution is 2.31. The number of rotatable bonds is 12. The van der Waals surface area contributed by atoms with Gasteiger partial charge in [0.1, 0.15) is 30.0 Å². The molecule has 5 N–H and O–H groups in total. The minimum absolute atomic E-state index is 0.0952. The lowest BCUT2D eigenvalue weighted by Crippen LogP contribution is -2.58. The first-order valence-corrected chi connectivity index (χ1v) is 21.0. The van der Waals surface area contributed by atoms with Gasteiger partial charge in [-0.1, -0.05) is 75.1 Å². The van der Waals surface area contributed by atoms with Crippen LogP contribution in [0.15, 0.2) is 54.6 Å². The van der Waals surface area contributed by atoms with Crippen LogP contribution in [-0.4, -0.2) is 108 Å². The number of ether oxygens (including phenoxy) is 3. The van der Waals surface area contributed by atoms with Gasteiger partial charge in [0, 0.05) is 19.4 Å².